The highest BCUT2D eigenvalue weighted by Crippen LogP contribution is 2.57. The minimum Gasteiger partial charge on any atom is -0.392 e. The summed E-state index contributed by atoms with van der Waals surface area (Å²) in [6.07, 6.45) is 7.62. The van der Waals surface area contributed by atoms with Gasteiger partial charge in [0, 0.05) is 11.8 Å². The zero-order valence-electron chi connectivity index (χ0n) is 13.6. The molecule has 3 nitrogen and oxygen atoms in total. The summed E-state index contributed by atoms with van der Waals surface area (Å²) in [5, 5.41) is 20.6. The standard InChI is InChI=1S/C19H28O3/c1-2-19-11-10-17(21)14(15(19)12-18(19)22)8-9-16(20)13-6-4-3-5-7-13/h13-17,20-21H,2-7,10-12H2,1H3/t14-,15-,16-,17-,19+/m0/s1. The molecule has 22 heavy (non-hydrogen) atoms. The van der Waals surface area contributed by atoms with Gasteiger partial charge in [-0.25, -0.2) is 0 Å². The lowest BCUT2D eigenvalue weighted by Crippen LogP contribution is -2.58. The fourth-order valence-corrected chi connectivity index (χ4v) is 4.90. The van der Waals surface area contributed by atoms with Crippen LogP contribution in [0, 0.1) is 35.0 Å². The number of hydrogen-bond donors (Lipinski definition) is 2. The third kappa shape index (κ3) is 2.61. The molecule has 2 N–H and O–H groups in total. The fourth-order valence-electron chi connectivity index (χ4n) is 4.90. The molecule has 3 aliphatic carbocycles. The Morgan fingerprint density at radius 3 is 2.64 bits per heavy atom. The minimum absolute atomic E-state index is 0.135. The van der Waals surface area contributed by atoms with Crippen molar-refractivity contribution in [2.45, 2.75) is 76.9 Å². The highest BCUT2D eigenvalue weighted by Gasteiger charge is 2.59. The molecule has 0 bridgehead atoms. The molecule has 3 fully saturated rings. The molecule has 0 spiro atoms. The van der Waals surface area contributed by atoms with Gasteiger partial charge in [0.15, 0.2) is 0 Å². The lowest BCUT2D eigenvalue weighted by Gasteiger charge is -2.54. The average molecular weight is 304 g/mol. The van der Waals surface area contributed by atoms with E-state index in [-0.39, 0.29) is 17.3 Å². The second-order valence-electron chi connectivity index (χ2n) is 7.51. The molecule has 3 aliphatic rings. The molecule has 0 saturated heterocycles. The van der Waals surface area contributed by atoms with Crippen molar-refractivity contribution in [1.29, 1.82) is 0 Å². The van der Waals surface area contributed by atoms with Gasteiger partial charge in [0.2, 0.25) is 0 Å². The van der Waals surface area contributed by atoms with Gasteiger partial charge in [0.25, 0.3) is 0 Å². The van der Waals surface area contributed by atoms with Crippen LogP contribution in [0.4, 0.5) is 0 Å². The van der Waals surface area contributed by atoms with Crippen molar-refractivity contribution in [2.24, 2.45) is 23.2 Å². The van der Waals surface area contributed by atoms with Crippen molar-refractivity contribution in [3.63, 3.8) is 0 Å². The van der Waals surface area contributed by atoms with Gasteiger partial charge in [0.05, 0.1) is 12.0 Å². The predicted molar refractivity (Wildman–Crippen MR) is 84.9 cm³/mol. The van der Waals surface area contributed by atoms with Crippen LogP contribution in [0.25, 0.3) is 0 Å². The number of carbonyl (C=O) groups is 1. The molecule has 122 valence electrons. The average Bonchev–Trinajstić information content (AvgIpc) is 2.54. The number of hydrogen-bond acceptors (Lipinski definition) is 3. The monoisotopic (exact) mass is 304 g/mol. The van der Waals surface area contributed by atoms with Crippen LogP contribution >= 0.6 is 0 Å². The van der Waals surface area contributed by atoms with Gasteiger partial charge < -0.3 is 10.2 Å². The normalized spacial score (nSPS) is 40.1. The zero-order chi connectivity index (χ0) is 15.7. The molecule has 0 unspecified atom stereocenters. The molecular formula is C19H28O3. The number of aliphatic hydroxyl groups excluding tert-OH is 2. The number of carbonyl (C=O) groups excluding carboxylic acids is 1. The summed E-state index contributed by atoms with van der Waals surface area (Å²) in [5.41, 5.74) is -0.228. The summed E-state index contributed by atoms with van der Waals surface area (Å²) < 4.78 is 0. The Balaban J connectivity index is 1.71. The lowest BCUT2D eigenvalue weighted by molar-refractivity contribution is -0.160. The zero-order valence-corrected chi connectivity index (χ0v) is 13.6. The third-order valence-corrected chi connectivity index (χ3v) is 6.53. The van der Waals surface area contributed by atoms with E-state index in [0.717, 1.165) is 25.7 Å². The van der Waals surface area contributed by atoms with Gasteiger partial charge >= 0.3 is 0 Å². The summed E-state index contributed by atoms with van der Waals surface area (Å²) in [6.45, 7) is 2.07. The number of ketones is 1. The quantitative estimate of drug-likeness (QED) is 0.771. The number of aliphatic hydroxyl groups is 2. The molecule has 0 aromatic rings. The van der Waals surface area contributed by atoms with E-state index < -0.39 is 12.2 Å². The molecule has 0 aliphatic heterocycles. The van der Waals surface area contributed by atoms with Gasteiger partial charge in [-0.3, -0.25) is 4.79 Å². The molecule has 0 radical (unpaired) electrons. The second kappa shape index (κ2) is 6.34. The third-order valence-electron chi connectivity index (χ3n) is 6.53. The second-order valence-corrected chi connectivity index (χ2v) is 7.51. The molecule has 3 rings (SSSR count). The largest absolute Gasteiger partial charge is 0.392 e. The number of Topliss-reactive ketones (excluding diaryl/α,β-unsaturated/α-hetero) is 1. The van der Waals surface area contributed by atoms with Crippen LogP contribution in [-0.4, -0.2) is 28.2 Å². The summed E-state index contributed by atoms with van der Waals surface area (Å²) in [6, 6.07) is 0. The van der Waals surface area contributed by atoms with Gasteiger partial charge in [-0.05, 0) is 43.9 Å². The number of rotatable bonds is 2. The van der Waals surface area contributed by atoms with Crippen molar-refractivity contribution in [3.8, 4) is 11.8 Å². The molecule has 0 amide bonds. The predicted octanol–water partition coefficient (Wildman–Crippen LogP) is 2.69. The molecule has 3 saturated carbocycles. The minimum atomic E-state index is -0.568. The smallest absolute Gasteiger partial charge is 0.139 e. The maximum Gasteiger partial charge on any atom is 0.139 e. The van der Waals surface area contributed by atoms with Gasteiger partial charge in [-0.1, -0.05) is 38.0 Å². The first-order chi connectivity index (χ1) is 10.6. The maximum atomic E-state index is 12.1. The fraction of sp³-hybridized carbons (Fsp3) is 0.842. The van der Waals surface area contributed by atoms with Gasteiger partial charge in [-0.15, -0.1) is 0 Å². The Labute approximate surface area is 133 Å². The summed E-state index contributed by atoms with van der Waals surface area (Å²) >= 11 is 0. The molecular weight excluding hydrogens is 276 g/mol. The van der Waals surface area contributed by atoms with Crippen molar-refractivity contribution < 1.29 is 15.0 Å². The van der Waals surface area contributed by atoms with Crippen LogP contribution in [0.1, 0.15) is 64.7 Å². The summed E-state index contributed by atoms with van der Waals surface area (Å²) in [7, 11) is 0. The summed E-state index contributed by atoms with van der Waals surface area (Å²) in [5.74, 6) is 6.91. The van der Waals surface area contributed by atoms with Crippen LogP contribution in [-0.2, 0) is 4.79 Å². The Morgan fingerprint density at radius 1 is 1.27 bits per heavy atom. The first-order valence-electron chi connectivity index (χ1n) is 8.99. The van der Waals surface area contributed by atoms with Crippen molar-refractivity contribution in [1.82, 2.24) is 0 Å². The van der Waals surface area contributed by atoms with E-state index in [9.17, 15) is 15.0 Å². The first kappa shape index (κ1) is 16.0. The molecule has 0 aromatic heterocycles. The Morgan fingerprint density at radius 2 is 2.00 bits per heavy atom. The first-order valence-corrected chi connectivity index (χ1v) is 8.99. The van der Waals surface area contributed by atoms with Crippen LogP contribution < -0.4 is 0 Å². The van der Waals surface area contributed by atoms with E-state index in [2.05, 4.69) is 18.8 Å². The maximum absolute atomic E-state index is 12.1. The number of fused-ring (bicyclic) bond motifs is 1. The van der Waals surface area contributed by atoms with Gasteiger partial charge in [0.1, 0.15) is 11.9 Å². The molecule has 0 aromatic carbocycles. The van der Waals surface area contributed by atoms with Crippen LogP contribution in [0.15, 0.2) is 0 Å². The SMILES string of the molecule is CC[C@@]12CC[C@H](O)[C@@H](C#C[C@H](O)C3CCCCC3)[C@@H]1CC2=O. The van der Waals surface area contributed by atoms with Gasteiger partial charge in [-0.2, -0.15) is 0 Å². The Hall–Kier alpha value is -0.850. The van der Waals surface area contributed by atoms with E-state index in [0.29, 0.717) is 24.5 Å². The van der Waals surface area contributed by atoms with E-state index in [1.807, 2.05) is 0 Å². The van der Waals surface area contributed by atoms with Crippen molar-refractivity contribution in [3.05, 3.63) is 0 Å². The van der Waals surface area contributed by atoms with Crippen molar-refractivity contribution >= 4 is 5.78 Å². The van der Waals surface area contributed by atoms with Crippen LogP contribution in [0.3, 0.4) is 0 Å². The van der Waals surface area contributed by atoms with Crippen molar-refractivity contribution in [2.75, 3.05) is 0 Å². The molecule has 5 atom stereocenters. The van der Waals surface area contributed by atoms with E-state index >= 15 is 0 Å². The van der Waals surface area contributed by atoms with E-state index in [1.54, 1.807) is 0 Å². The topological polar surface area (TPSA) is 57.5 Å². The highest BCUT2D eigenvalue weighted by molar-refractivity contribution is 5.91. The summed E-state index contributed by atoms with van der Waals surface area (Å²) in [4.78, 5) is 12.1. The highest BCUT2D eigenvalue weighted by atomic mass is 16.3. The van der Waals surface area contributed by atoms with E-state index in [4.69, 9.17) is 0 Å². The van der Waals surface area contributed by atoms with E-state index in [1.165, 1.54) is 19.3 Å². The molecule has 3 heteroatoms. The molecule has 0 heterocycles. The lowest BCUT2D eigenvalue weighted by atomic mass is 9.48. The van der Waals surface area contributed by atoms with Crippen LogP contribution in [0.5, 0.6) is 0 Å². The Bertz CT molecular complexity index is 483. The Kier molecular flexibility index (Phi) is 4.61. The van der Waals surface area contributed by atoms with Crippen LogP contribution in [0.2, 0.25) is 0 Å².